The van der Waals surface area contributed by atoms with Crippen LogP contribution in [-0.2, 0) is 4.79 Å². The van der Waals surface area contributed by atoms with Crippen LogP contribution in [0.15, 0.2) is 30.3 Å². The smallest absolute Gasteiger partial charge is 0.260 e. The second kappa shape index (κ2) is 5.61. The normalized spacial score (nSPS) is 26.0. The largest absolute Gasteiger partial charge is 0.484 e. The van der Waals surface area contributed by atoms with Gasteiger partial charge in [-0.3, -0.25) is 4.79 Å². The number of carbonyl (C=O) groups excluding carboxylic acids is 1. The van der Waals surface area contributed by atoms with Crippen molar-refractivity contribution in [1.29, 1.82) is 0 Å². The SMILES string of the molecule is O=C(COc1ccccc1)N1CCC2NCCC2C1. The van der Waals surface area contributed by atoms with Crippen molar-refractivity contribution in [3.05, 3.63) is 30.3 Å². The van der Waals surface area contributed by atoms with Crippen molar-refractivity contribution in [2.75, 3.05) is 26.2 Å². The summed E-state index contributed by atoms with van der Waals surface area (Å²) < 4.78 is 5.53. The molecule has 2 atom stereocenters. The monoisotopic (exact) mass is 260 g/mol. The Bertz CT molecular complexity index is 435. The van der Waals surface area contributed by atoms with Crippen LogP contribution in [0.5, 0.6) is 5.75 Å². The van der Waals surface area contributed by atoms with Crippen LogP contribution in [0.3, 0.4) is 0 Å². The van der Waals surface area contributed by atoms with E-state index in [0.29, 0.717) is 12.0 Å². The quantitative estimate of drug-likeness (QED) is 0.890. The average molecular weight is 260 g/mol. The number of benzene rings is 1. The van der Waals surface area contributed by atoms with Gasteiger partial charge in [-0.05, 0) is 37.4 Å². The number of para-hydroxylation sites is 1. The molecule has 3 rings (SSSR count). The fraction of sp³-hybridized carbons (Fsp3) is 0.533. The lowest BCUT2D eigenvalue weighted by atomic mass is 9.93. The summed E-state index contributed by atoms with van der Waals surface area (Å²) in [5.41, 5.74) is 0. The highest BCUT2D eigenvalue weighted by Crippen LogP contribution is 2.24. The molecule has 0 saturated carbocycles. The van der Waals surface area contributed by atoms with Crippen LogP contribution >= 0.6 is 0 Å². The van der Waals surface area contributed by atoms with Crippen LogP contribution in [-0.4, -0.2) is 43.1 Å². The molecule has 102 valence electrons. The number of hydrogen-bond donors (Lipinski definition) is 1. The first kappa shape index (κ1) is 12.5. The van der Waals surface area contributed by atoms with Gasteiger partial charge < -0.3 is 15.0 Å². The molecule has 2 aliphatic rings. The van der Waals surface area contributed by atoms with Crippen LogP contribution in [0.4, 0.5) is 0 Å². The zero-order chi connectivity index (χ0) is 13.1. The third kappa shape index (κ3) is 2.89. The number of fused-ring (bicyclic) bond motifs is 1. The summed E-state index contributed by atoms with van der Waals surface area (Å²) in [6, 6.07) is 10.1. The minimum atomic E-state index is 0.106. The van der Waals surface area contributed by atoms with Crippen LogP contribution < -0.4 is 10.1 Å². The molecule has 4 heteroatoms. The summed E-state index contributed by atoms with van der Waals surface area (Å²) in [6.07, 6.45) is 2.26. The lowest BCUT2D eigenvalue weighted by molar-refractivity contribution is -0.135. The maximum atomic E-state index is 12.1. The maximum Gasteiger partial charge on any atom is 0.260 e. The topological polar surface area (TPSA) is 41.6 Å². The van der Waals surface area contributed by atoms with Gasteiger partial charge >= 0.3 is 0 Å². The van der Waals surface area contributed by atoms with E-state index >= 15 is 0 Å². The standard InChI is InChI=1S/C15H20N2O2/c18-15(11-19-13-4-2-1-3-5-13)17-9-7-14-12(10-17)6-8-16-14/h1-5,12,14,16H,6-11H2. The van der Waals surface area contributed by atoms with Gasteiger partial charge in [0.25, 0.3) is 5.91 Å². The van der Waals surface area contributed by atoms with Crippen LogP contribution in [0.25, 0.3) is 0 Å². The van der Waals surface area contributed by atoms with Crippen LogP contribution in [0, 0.1) is 5.92 Å². The van der Waals surface area contributed by atoms with Gasteiger partial charge in [-0.2, -0.15) is 0 Å². The predicted molar refractivity (Wildman–Crippen MR) is 73.0 cm³/mol. The van der Waals surface area contributed by atoms with Gasteiger partial charge in [0.05, 0.1) is 0 Å². The molecule has 19 heavy (non-hydrogen) atoms. The molecule has 1 amide bonds. The van der Waals surface area contributed by atoms with E-state index in [1.807, 2.05) is 35.2 Å². The second-order valence-corrected chi connectivity index (χ2v) is 5.34. The van der Waals surface area contributed by atoms with E-state index in [1.54, 1.807) is 0 Å². The second-order valence-electron chi connectivity index (χ2n) is 5.34. The van der Waals surface area contributed by atoms with Crippen molar-refractivity contribution in [2.45, 2.75) is 18.9 Å². The maximum absolute atomic E-state index is 12.1. The first-order valence-electron chi connectivity index (χ1n) is 7.02. The number of ether oxygens (including phenoxy) is 1. The molecule has 0 aliphatic carbocycles. The summed E-state index contributed by atoms with van der Waals surface area (Å²) in [5, 5.41) is 3.51. The van der Waals surface area contributed by atoms with Gasteiger partial charge in [0.1, 0.15) is 5.75 Å². The van der Waals surface area contributed by atoms with E-state index in [9.17, 15) is 4.79 Å². The minimum absolute atomic E-state index is 0.106. The molecule has 1 aromatic carbocycles. The highest BCUT2D eigenvalue weighted by Gasteiger charge is 2.34. The van der Waals surface area contributed by atoms with Crippen LogP contribution in [0.2, 0.25) is 0 Å². The van der Waals surface area contributed by atoms with E-state index in [-0.39, 0.29) is 12.5 Å². The number of nitrogens with one attached hydrogen (secondary N) is 1. The summed E-state index contributed by atoms with van der Waals surface area (Å²) in [4.78, 5) is 14.1. The molecule has 2 unspecified atom stereocenters. The molecule has 2 aliphatic heterocycles. The lowest BCUT2D eigenvalue weighted by Crippen LogP contribution is -2.48. The Morgan fingerprint density at radius 1 is 1.32 bits per heavy atom. The Balaban J connectivity index is 1.50. The van der Waals surface area contributed by atoms with E-state index in [0.717, 1.165) is 31.8 Å². The Morgan fingerprint density at radius 3 is 3.00 bits per heavy atom. The van der Waals surface area contributed by atoms with Crippen molar-refractivity contribution in [3.8, 4) is 5.75 Å². The van der Waals surface area contributed by atoms with Crippen molar-refractivity contribution in [1.82, 2.24) is 10.2 Å². The summed E-state index contributed by atoms with van der Waals surface area (Å²) >= 11 is 0. The highest BCUT2D eigenvalue weighted by molar-refractivity contribution is 5.77. The minimum Gasteiger partial charge on any atom is -0.484 e. The lowest BCUT2D eigenvalue weighted by Gasteiger charge is -2.34. The number of carbonyl (C=O) groups is 1. The van der Waals surface area contributed by atoms with Crippen molar-refractivity contribution < 1.29 is 9.53 Å². The molecule has 4 nitrogen and oxygen atoms in total. The predicted octanol–water partition coefficient (Wildman–Crippen LogP) is 1.28. The molecule has 0 aromatic heterocycles. The zero-order valence-corrected chi connectivity index (χ0v) is 11.0. The fourth-order valence-electron chi connectivity index (χ4n) is 3.03. The number of nitrogens with zero attached hydrogens (tertiary/aromatic N) is 1. The molecule has 2 fully saturated rings. The molecule has 0 spiro atoms. The molecular formula is C15H20N2O2. The molecule has 1 aromatic rings. The molecule has 2 saturated heterocycles. The van der Waals surface area contributed by atoms with E-state index in [1.165, 1.54) is 6.42 Å². The number of piperidine rings is 1. The highest BCUT2D eigenvalue weighted by atomic mass is 16.5. The number of rotatable bonds is 3. The Kier molecular flexibility index (Phi) is 3.69. The number of hydrogen-bond acceptors (Lipinski definition) is 3. The van der Waals surface area contributed by atoms with Crippen molar-refractivity contribution >= 4 is 5.91 Å². The van der Waals surface area contributed by atoms with Gasteiger partial charge in [-0.15, -0.1) is 0 Å². The Morgan fingerprint density at radius 2 is 2.16 bits per heavy atom. The van der Waals surface area contributed by atoms with Gasteiger partial charge in [0, 0.05) is 19.1 Å². The fourth-order valence-corrected chi connectivity index (χ4v) is 3.03. The van der Waals surface area contributed by atoms with Gasteiger partial charge in [-0.1, -0.05) is 18.2 Å². The summed E-state index contributed by atoms with van der Waals surface area (Å²) in [7, 11) is 0. The Labute approximate surface area is 113 Å². The zero-order valence-electron chi connectivity index (χ0n) is 11.0. The summed E-state index contributed by atoms with van der Waals surface area (Å²) in [6.45, 7) is 2.98. The average Bonchev–Trinajstić information content (AvgIpc) is 2.93. The van der Waals surface area contributed by atoms with E-state index < -0.39 is 0 Å². The van der Waals surface area contributed by atoms with Crippen LogP contribution in [0.1, 0.15) is 12.8 Å². The molecule has 1 N–H and O–H groups in total. The first-order valence-corrected chi connectivity index (χ1v) is 7.02. The first-order chi connectivity index (χ1) is 9.33. The molecular weight excluding hydrogens is 240 g/mol. The number of likely N-dealkylation sites (tertiary alicyclic amines) is 1. The Hall–Kier alpha value is -1.55. The third-order valence-corrected chi connectivity index (χ3v) is 4.11. The van der Waals surface area contributed by atoms with Crippen molar-refractivity contribution in [3.63, 3.8) is 0 Å². The molecule has 0 radical (unpaired) electrons. The summed E-state index contributed by atoms with van der Waals surface area (Å²) in [5.74, 6) is 1.50. The third-order valence-electron chi connectivity index (χ3n) is 4.11. The van der Waals surface area contributed by atoms with E-state index in [2.05, 4.69) is 5.32 Å². The number of amides is 1. The van der Waals surface area contributed by atoms with Gasteiger partial charge in [0.2, 0.25) is 0 Å². The van der Waals surface area contributed by atoms with E-state index in [4.69, 9.17) is 4.74 Å². The van der Waals surface area contributed by atoms with Gasteiger partial charge in [-0.25, -0.2) is 0 Å². The van der Waals surface area contributed by atoms with Gasteiger partial charge in [0.15, 0.2) is 6.61 Å². The molecule has 0 bridgehead atoms. The van der Waals surface area contributed by atoms with Crippen molar-refractivity contribution in [2.24, 2.45) is 5.92 Å². The molecule has 2 heterocycles.